The Morgan fingerprint density at radius 1 is 0.974 bits per heavy atom. The highest BCUT2D eigenvalue weighted by atomic mass is 16.6. The van der Waals surface area contributed by atoms with Gasteiger partial charge in [0.05, 0.1) is 16.5 Å². The summed E-state index contributed by atoms with van der Waals surface area (Å²) in [7, 11) is 0. The van der Waals surface area contributed by atoms with Gasteiger partial charge in [0.25, 0.3) is 11.7 Å². The van der Waals surface area contributed by atoms with Crippen LogP contribution in [0.2, 0.25) is 0 Å². The maximum absolute atomic E-state index is 13.4. The van der Waals surface area contributed by atoms with Crippen LogP contribution in [0.25, 0.3) is 21.7 Å². The average Bonchev–Trinajstić information content (AvgIpc) is 3.15. The van der Waals surface area contributed by atoms with Gasteiger partial charge in [-0.15, -0.1) is 0 Å². The summed E-state index contributed by atoms with van der Waals surface area (Å²) < 4.78 is 13.5. The van der Waals surface area contributed by atoms with Crippen molar-refractivity contribution in [2.24, 2.45) is 11.7 Å². The minimum atomic E-state index is -1.04. The number of nitrogens with zero attached hydrogens (tertiary/aromatic N) is 1. The van der Waals surface area contributed by atoms with Crippen LogP contribution in [0.5, 0.6) is 5.75 Å². The van der Waals surface area contributed by atoms with E-state index in [2.05, 4.69) is 18.4 Å². The topological polar surface area (TPSA) is 101 Å². The average molecular weight is 515 g/mol. The lowest BCUT2D eigenvalue weighted by Gasteiger charge is -2.20. The second kappa shape index (κ2) is 10.7. The van der Waals surface area contributed by atoms with Crippen molar-refractivity contribution in [2.75, 3.05) is 6.61 Å². The van der Waals surface area contributed by atoms with Gasteiger partial charge in [0.1, 0.15) is 11.4 Å². The summed E-state index contributed by atoms with van der Waals surface area (Å²) in [5, 5.41) is 2.25. The first kappa shape index (κ1) is 26.9. The molecule has 0 bridgehead atoms. The molecule has 0 atom stereocenters. The van der Waals surface area contributed by atoms with E-state index >= 15 is 0 Å². The Morgan fingerprint density at radius 3 is 2.26 bits per heavy atom. The highest BCUT2D eigenvalue weighted by molar-refractivity contribution is 6.45. The van der Waals surface area contributed by atoms with Crippen LogP contribution in [0.3, 0.4) is 0 Å². The minimum Gasteiger partial charge on any atom is -0.481 e. The van der Waals surface area contributed by atoms with E-state index in [9.17, 15) is 14.4 Å². The maximum atomic E-state index is 13.4. The van der Waals surface area contributed by atoms with E-state index < -0.39 is 23.3 Å². The van der Waals surface area contributed by atoms with Crippen LogP contribution < -0.4 is 10.5 Å². The molecule has 0 aliphatic heterocycles. The summed E-state index contributed by atoms with van der Waals surface area (Å²) >= 11 is 0. The number of carbonyl (C=O) groups is 3. The Balaban J connectivity index is 2.04. The van der Waals surface area contributed by atoms with Crippen molar-refractivity contribution in [2.45, 2.75) is 53.2 Å². The van der Waals surface area contributed by atoms with Crippen LogP contribution in [0.1, 0.15) is 56.2 Å². The second-order valence-corrected chi connectivity index (χ2v) is 10.9. The molecule has 0 aliphatic carbocycles. The summed E-state index contributed by atoms with van der Waals surface area (Å²) in [5.41, 5.74) is 7.62. The number of ether oxygens (including phenoxy) is 2. The van der Waals surface area contributed by atoms with Crippen molar-refractivity contribution in [1.82, 2.24) is 4.57 Å². The number of esters is 1. The van der Waals surface area contributed by atoms with Crippen molar-refractivity contribution in [3.05, 3.63) is 77.5 Å². The molecule has 1 aromatic heterocycles. The number of aromatic nitrogens is 1. The normalized spacial score (nSPS) is 11.7. The van der Waals surface area contributed by atoms with Crippen molar-refractivity contribution >= 4 is 39.3 Å². The third-order valence-electron chi connectivity index (χ3n) is 6.12. The second-order valence-electron chi connectivity index (χ2n) is 10.9. The molecule has 2 N–H and O–H groups in total. The summed E-state index contributed by atoms with van der Waals surface area (Å²) in [4.78, 5) is 38.2. The van der Waals surface area contributed by atoms with Gasteiger partial charge < -0.3 is 19.8 Å². The van der Waals surface area contributed by atoms with Crippen LogP contribution in [0.15, 0.2) is 60.7 Å². The molecule has 0 radical (unpaired) electrons. The molecule has 0 spiro atoms. The highest BCUT2D eigenvalue weighted by Gasteiger charge is 2.30. The number of ketones is 1. The Kier molecular flexibility index (Phi) is 7.58. The fourth-order valence-electron chi connectivity index (χ4n) is 4.77. The smallest absolute Gasteiger partial charge is 0.344 e. The fraction of sp³-hybridized carbons (Fsp3) is 0.323. The molecule has 0 aliphatic rings. The number of Topliss-reactive ketones (excluding diaryl/α,β-unsaturated/α-hetero) is 1. The summed E-state index contributed by atoms with van der Waals surface area (Å²) in [6.45, 7) is 9.59. The lowest BCUT2D eigenvalue weighted by atomic mass is 9.98. The van der Waals surface area contributed by atoms with Crippen molar-refractivity contribution in [3.8, 4) is 5.75 Å². The largest absolute Gasteiger partial charge is 0.481 e. The van der Waals surface area contributed by atoms with Gasteiger partial charge in [0, 0.05) is 17.6 Å². The molecule has 198 valence electrons. The number of fused-ring (bicyclic) bond motifs is 3. The quantitative estimate of drug-likeness (QED) is 0.182. The minimum absolute atomic E-state index is 0.186. The zero-order valence-corrected chi connectivity index (χ0v) is 22.5. The van der Waals surface area contributed by atoms with Crippen LogP contribution in [-0.4, -0.2) is 34.4 Å². The van der Waals surface area contributed by atoms with Gasteiger partial charge in [0.15, 0.2) is 6.61 Å². The van der Waals surface area contributed by atoms with E-state index in [4.69, 9.17) is 15.2 Å². The molecule has 1 amide bonds. The Labute approximate surface area is 222 Å². The molecule has 4 rings (SSSR count). The summed E-state index contributed by atoms with van der Waals surface area (Å²) in [6.07, 6.45) is 0.537. The van der Waals surface area contributed by atoms with Crippen LogP contribution in [0, 0.1) is 5.92 Å². The number of primary amides is 1. The van der Waals surface area contributed by atoms with Gasteiger partial charge >= 0.3 is 5.97 Å². The van der Waals surface area contributed by atoms with Gasteiger partial charge in [-0.2, -0.15) is 0 Å². The third kappa shape index (κ3) is 5.72. The van der Waals surface area contributed by atoms with Gasteiger partial charge in [-0.05, 0) is 50.1 Å². The highest BCUT2D eigenvalue weighted by Crippen LogP contribution is 2.41. The summed E-state index contributed by atoms with van der Waals surface area (Å²) in [5.74, 6) is -1.85. The molecule has 7 heteroatoms. The number of carbonyl (C=O) groups excluding carboxylic acids is 3. The number of hydrogen-bond donors (Lipinski definition) is 1. The number of rotatable bonds is 9. The van der Waals surface area contributed by atoms with Crippen LogP contribution >= 0.6 is 0 Å². The first-order valence-electron chi connectivity index (χ1n) is 12.8. The Bertz CT molecular complexity index is 1510. The molecule has 0 unspecified atom stereocenters. The molecule has 0 fully saturated rings. The number of nitrogens with two attached hydrogens (primary N) is 1. The molecule has 1 heterocycles. The molecular formula is C31H34N2O5. The predicted molar refractivity (Wildman–Crippen MR) is 148 cm³/mol. The van der Waals surface area contributed by atoms with Crippen molar-refractivity contribution in [3.63, 3.8) is 0 Å². The van der Waals surface area contributed by atoms with E-state index in [1.54, 1.807) is 26.8 Å². The molecule has 38 heavy (non-hydrogen) atoms. The van der Waals surface area contributed by atoms with Gasteiger partial charge in [-0.3, -0.25) is 9.59 Å². The van der Waals surface area contributed by atoms with Crippen molar-refractivity contribution < 1.29 is 23.9 Å². The van der Waals surface area contributed by atoms with E-state index in [0.29, 0.717) is 29.8 Å². The van der Waals surface area contributed by atoms with Crippen molar-refractivity contribution in [1.29, 1.82) is 0 Å². The first-order valence-corrected chi connectivity index (χ1v) is 12.8. The molecule has 0 saturated heterocycles. The Hall–Kier alpha value is -4.13. The van der Waals surface area contributed by atoms with E-state index in [1.165, 1.54) is 0 Å². The monoisotopic (exact) mass is 514 g/mol. The molecule has 7 nitrogen and oxygen atoms in total. The predicted octanol–water partition coefficient (Wildman–Crippen LogP) is 5.43. The van der Waals surface area contributed by atoms with Crippen LogP contribution in [0.4, 0.5) is 0 Å². The van der Waals surface area contributed by atoms with E-state index in [-0.39, 0.29) is 18.1 Å². The zero-order chi connectivity index (χ0) is 27.6. The van der Waals surface area contributed by atoms with Gasteiger partial charge in [-0.1, -0.05) is 68.4 Å². The fourth-order valence-corrected chi connectivity index (χ4v) is 4.77. The number of benzene rings is 3. The van der Waals surface area contributed by atoms with Gasteiger partial charge in [0.2, 0.25) is 0 Å². The van der Waals surface area contributed by atoms with E-state index in [0.717, 1.165) is 21.9 Å². The molecule has 4 aromatic rings. The summed E-state index contributed by atoms with van der Waals surface area (Å²) in [6, 6.07) is 19.5. The molecular weight excluding hydrogens is 480 g/mol. The number of hydrogen-bond acceptors (Lipinski definition) is 5. The van der Waals surface area contributed by atoms with Crippen LogP contribution in [-0.2, 0) is 27.3 Å². The third-order valence-corrected chi connectivity index (χ3v) is 6.12. The first-order chi connectivity index (χ1) is 18.0. The lowest BCUT2D eigenvalue weighted by Crippen LogP contribution is -2.27. The zero-order valence-electron chi connectivity index (χ0n) is 22.5. The SMILES string of the molecule is CC(C)Cc1c(C(=O)C(N)=O)c2c(OCC(=O)OC(C)(C)C)cc3ccccc3c2n1Cc1ccccc1. The lowest BCUT2D eigenvalue weighted by molar-refractivity contribution is -0.157. The van der Waals surface area contributed by atoms with E-state index in [1.807, 2.05) is 54.6 Å². The molecule has 3 aromatic carbocycles. The standard InChI is InChI=1S/C31H34N2O5/c1-19(2)15-23-26(29(35)30(32)36)27-24(37-18-25(34)38-31(3,4)5)16-21-13-9-10-14-22(21)28(27)33(23)17-20-11-7-6-8-12-20/h6-14,16,19H,15,17-18H2,1-5H3,(H2,32,36). The Morgan fingerprint density at radius 2 is 1.63 bits per heavy atom. The molecule has 0 saturated carbocycles. The van der Waals surface area contributed by atoms with Gasteiger partial charge in [-0.25, -0.2) is 4.79 Å². The maximum Gasteiger partial charge on any atom is 0.344 e. The number of amides is 1.